The largest absolute Gasteiger partial charge is 0.384 e. The molecule has 64 valence electrons. The molecule has 0 saturated carbocycles. The topological polar surface area (TPSA) is 20.2 Å². The zero-order valence-electron chi connectivity index (χ0n) is 6.65. The number of aliphatic hydroxyl groups excluding tert-OH is 1. The van der Waals surface area contributed by atoms with E-state index < -0.39 is 6.10 Å². The van der Waals surface area contributed by atoms with Gasteiger partial charge in [-0.25, -0.2) is 0 Å². The van der Waals surface area contributed by atoms with E-state index in [9.17, 15) is 5.11 Å². The van der Waals surface area contributed by atoms with E-state index in [4.69, 9.17) is 0 Å². The third kappa shape index (κ3) is 2.95. The lowest BCUT2D eigenvalue weighted by Gasteiger charge is -2.03. The lowest BCUT2D eigenvalue weighted by atomic mass is 10.1. The number of hydrogen-bond acceptors (Lipinski definition) is 1. The van der Waals surface area contributed by atoms with Crippen molar-refractivity contribution in [2.75, 3.05) is 4.43 Å². The highest BCUT2D eigenvalue weighted by Gasteiger charge is 1.99. The first-order valence-electron chi connectivity index (χ1n) is 3.80. The van der Waals surface area contributed by atoms with Gasteiger partial charge in [0, 0.05) is 4.43 Å². The second-order valence-electron chi connectivity index (χ2n) is 2.44. The molecular weight excluding hydrogens is 263 g/mol. The Morgan fingerprint density at radius 3 is 2.58 bits per heavy atom. The fraction of sp³-hybridized carbons (Fsp3) is 0.200. The summed E-state index contributed by atoms with van der Waals surface area (Å²) in [6.45, 7) is 0. The molecule has 0 aromatic heterocycles. The Labute approximate surface area is 86.3 Å². The van der Waals surface area contributed by atoms with E-state index in [1.54, 1.807) is 0 Å². The quantitative estimate of drug-likeness (QED) is 0.510. The number of allylic oxidation sites excluding steroid dienone is 1. The Hall–Kier alpha value is -0.350. The van der Waals surface area contributed by atoms with Crippen LogP contribution in [0.15, 0.2) is 42.5 Å². The highest BCUT2D eigenvalue weighted by Crippen LogP contribution is 2.12. The van der Waals surface area contributed by atoms with Gasteiger partial charge in [0.15, 0.2) is 0 Å². The smallest absolute Gasteiger partial charge is 0.0972 e. The number of aliphatic hydroxyl groups is 1. The van der Waals surface area contributed by atoms with Crippen LogP contribution in [0.5, 0.6) is 0 Å². The first-order chi connectivity index (χ1) is 5.84. The molecule has 1 aromatic carbocycles. The Bertz CT molecular complexity index is 243. The number of rotatable bonds is 3. The van der Waals surface area contributed by atoms with Gasteiger partial charge >= 0.3 is 0 Å². The van der Waals surface area contributed by atoms with Gasteiger partial charge in [0.1, 0.15) is 0 Å². The molecule has 0 amide bonds. The van der Waals surface area contributed by atoms with E-state index in [1.165, 1.54) is 0 Å². The van der Waals surface area contributed by atoms with Crippen molar-refractivity contribution in [3.8, 4) is 0 Å². The second-order valence-corrected chi connectivity index (χ2v) is 3.32. The van der Waals surface area contributed by atoms with Crippen LogP contribution in [0.2, 0.25) is 0 Å². The molecule has 1 nitrogen and oxygen atoms in total. The monoisotopic (exact) mass is 274 g/mol. The molecule has 0 radical (unpaired) electrons. The Balaban J connectivity index is 2.65. The van der Waals surface area contributed by atoms with Gasteiger partial charge in [-0.15, -0.1) is 0 Å². The van der Waals surface area contributed by atoms with Crippen LogP contribution in [0.1, 0.15) is 11.7 Å². The van der Waals surface area contributed by atoms with E-state index >= 15 is 0 Å². The molecule has 1 N–H and O–H groups in total. The predicted molar refractivity (Wildman–Crippen MR) is 59.4 cm³/mol. The molecular formula is C10H11IO. The lowest BCUT2D eigenvalue weighted by Crippen LogP contribution is -1.91. The van der Waals surface area contributed by atoms with Crippen molar-refractivity contribution in [1.29, 1.82) is 0 Å². The van der Waals surface area contributed by atoms with Crippen LogP contribution in [0, 0.1) is 0 Å². The van der Waals surface area contributed by atoms with E-state index in [2.05, 4.69) is 22.6 Å². The molecule has 1 unspecified atom stereocenters. The Kier molecular flexibility index (Phi) is 4.32. The average Bonchev–Trinajstić information content (AvgIpc) is 2.15. The van der Waals surface area contributed by atoms with Crippen LogP contribution in [0.25, 0.3) is 0 Å². The third-order valence-electron chi connectivity index (χ3n) is 1.55. The van der Waals surface area contributed by atoms with Crippen LogP contribution < -0.4 is 0 Å². The highest BCUT2D eigenvalue weighted by molar-refractivity contribution is 14.1. The van der Waals surface area contributed by atoms with Crippen molar-refractivity contribution < 1.29 is 5.11 Å². The van der Waals surface area contributed by atoms with Crippen LogP contribution in [-0.2, 0) is 0 Å². The Morgan fingerprint density at radius 2 is 2.00 bits per heavy atom. The first-order valence-corrected chi connectivity index (χ1v) is 5.33. The highest BCUT2D eigenvalue weighted by atomic mass is 127. The maximum absolute atomic E-state index is 9.56. The van der Waals surface area contributed by atoms with Crippen molar-refractivity contribution in [1.82, 2.24) is 0 Å². The number of halogens is 1. The van der Waals surface area contributed by atoms with Crippen LogP contribution in [0.3, 0.4) is 0 Å². The average molecular weight is 274 g/mol. The fourth-order valence-electron chi connectivity index (χ4n) is 0.942. The lowest BCUT2D eigenvalue weighted by molar-refractivity contribution is 0.228. The second kappa shape index (κ2) is 5.32. The van der Waals surface area contributed by atoms with Crippen LogP contribution in [0.4, 0.5) is 0 Å². The van der Waals surface area contributed by atoms with Crippen LogP contribution >= 0.6 is 22.6 Å². The van der Waals surface area contributed by atoms with E-state index in [-0.39, 0.29) is 0 Å². The van der Waals surface area contributed by atoms with E-state index in [0.29, 0.717) is 0 Å². The van der Waals surface area contributed by atoms with Crippen molar-refractivity contribution in [3.63, 3.8) is 0 Å². The maximum Gasteiger partial charge on any atom is 0.0972 e. The standard InChI is InChI=1S/C10H11IO/c11-8-4-7-10(12)9-5-2-1-3-6-9/h1-7,10,12H,8H2/b7-4+. The molecule has 1 rings (SSSR count). The van der Waals surface area contributed by atoms with E-state index in [1.807, 2.05) is 42.5 Å². The van der Waals surface area contributed by atoms with Gasteiger partial charge in [-0.05, 0) is 5.56 Å². The summed E-state index contributed by atoms with van der Waals surface area (Å²) >= 11 is 2.24. The minimum Gasteiger partial charge on any atom is -0.384 e. The van der Waals surface area contributed by atoms with Gasteiger partial charge in [-0.1, -0.05) is 65.1 Å². The summed E-state index contributed by atoms with van der Waals surface area (Å²) in [6, 6.07) is 9.63. The van der Waals surface area contributed by atoms with Crippen molar-refractivity contribution in [2.24, 2.45) is 0 Å². The number of benzene rings is 1. The maximum atomic E-state index is 9.56. The molecule has 0 fully saturated rings. The molecule has 0 heterocycles. The normalized spacial score (nSPS) is 13.5. The Morgan fingerprint density at radius 1 is 1.33 bits per heavy atom. The summed E-state index contributed by atoms with van der Waals surface area (Å²) in [7, 11) is 0. The number of hydrogen-bond donors (Lipinski definition) is 1. The van der Waals surface area contributed by atoms with Gasteiger partial charge in [0.2, 0.25) is 0 Å². The molecule has 1 aromatic rings. The summed E-state index contributed by atoms with van der Waals surface area (Å²) in [5.74, 6) is 0. The van der Waals surface area contributed by atoms with Crippen molar-refractivity contribution in [3.05, 3.63) is 48.0 Å². The molecule has 2 heteroatoms. The van der Waals surface area contributed by atoms with Gasteiger partial charge < -0.3 is 5.11 Å². The molecule has 0 bridgehead atoms. The molecule has 0 spiro atoms. The first kappa shape index (κ1) is 9.74. The molecule has 1 atom stereocenters. The minimum atomic E-state index is -0.457. The summed E-state index contributed by atoms with van der Waals surface area (Å²) in [6.07, 6.45) is 3.31. The van der Waals surface area contributed by atoms with Crippen molar-refractivity contribution in [2.45, 2.75) is 6.10 Å². The summed E-state index contributed by atoms with van der Waals surface area (Å²) in [5, 5.41) is 9.56. The van der Waals surface area contributed by atoms with Gasteiger partial charge in [-0.2, -0.15) is 0 Å². The molecule has 0 saturated heterocycles. The molecule has 0 aliphatic carbocycles. The van der Waals surface area contributed by atoms with Crippen LogP contribution in [-0.4, -0.2) is 9.53 Å². The van der Waals surface area contributed by atoms with E-state index in [0.717, 1.165) is 9.99 Å². The zero-order valence-corrected chi connectivity index (χ0v) is 8.81. The third-order valence-corrected chi connectivity index (χ3v) is 2.06. The summed E-state index contributed by atoms with van der Waals surface area (Å²) in [5.41, 5.74) is 0.943. The molecule has 12 heavy (non-hydrogen) atoms. The molecule has 0 aliphatic heterocycles. The fourth-order valence-corrected chi connectivity index (χ4v) is 1.24. The van der Waals surface area contributed by atoms with Gasteiger partial charge in [-0.3, -0.25) is 0 Å². The zero-order chi connectivity index (χ0) is 8.81. The molecule has 0 aliphatic rings. The SMILES string of the molecule is OC(/C=C/CI)c1ccccc1. The summed E-state index contributed by atoms with van der Waals surface area (Å²) in [4.78, 5) is 0. The minimum absolute atomic E-state index is 0.457. The predicted octanol–water partition coefficient (Wildman–Crippen LogP) is 2.71. The van der Waals surface area contributed by atoms with Crippen molar-refractivity contribution >= 4 is 22.6 Å². The van der Waals surface area contributed by atoms with Gasteiger partial charge in [0.25, 0.3) is 0 Å². The number of alkyl halides is 1. The summed E-state index contributed by atoms with van der Waals surface area (Å²) < 4.78 is 0.932. The van der Waals surface area contributed by atoms with Gasteiger partial charge in [0.05, 0.1) is 6.10 Å².